The van der Waals surface area contributed by atoms with E-state index in [0.29, 0.717) is 32.0 Å². The molecule has 0 N–H and O–H groups in total. The molecule has 162 valence electrons. The summed E-state index contributed by atoms with van der Waals surface area (Å²) in [7, 11) is 1.63. The second-order valence-corrected chi connectivity index (χ2v) is 7.28. The quantitative estimate of drug-likeness (QED) is 0.631. The molecule has 1 aliphatic rings. The lowest BCUT2D eigenvalue weighted by atomic mass is 10.2. The lowest BCUT2D eigenvalue weighted by Gasteiger charge is -2.36. The molecule has 7 nitrogen and oxygen atoms in total. The highest BCUT2D eigenvalue weighted by Crippen LogP contribution is 2.28. The lowest BCUT2D eigenvalue weighted by molar-refractivity contribution is -0.132. The number of hydrogen-bond donors (Lipinski definition) is 0. The van der Waals surface area contributed by atoms with Gasteiger partial charge in [-0.2, -0.15) is 0 Å². The first-order valence-corrected chi connectivity index (χ1v) is 10.6. The first kappa shape index (κ1) is 21.9. The Hall–Kier alpha value is -2.80. The molecule has 30 heavy (non-hydrogen) atoms. The number of aromatic nitrogens is 1. The molecule has 0 bridgehead atoms. The molecule has 0 radical (unpaired) electrons. The SMILES string of the molecule is CCOc1ccc(CN(CC)C(=O)CN2CCN(c3ccccn3)CC2)cc1OC. The zero-order chi connectivity index (χ0) is 21.3. The van der Waals surface area contributed by atoms with E-state index >= 15 is 0 Å². The molecule has 1 amide bonds. The van der Waals surface area contributed by atoms with Gasteiger partial charge < -0.3 is 19.3 Å². The van der Waals surface area contributed by atoms with Gasteiger partial charge in [-0.3, -0.25) is 9.69 Å². The third-order valence-corrected chi connectivity index (χ3v) is 5.34. The van der Waals surface area contributed by atoms with Gasteiger partial charge in [-0.1, -0.05) is 12.1 Å². The summed E-state index contributed by atoms with van der Waals surface area (Å²) in [4.78, 5) is 23.7. The number of hydrogen-bond acceptors (Lipinski definition) is 6. The fourth-order valence-electron chi connectivity index (χ4n) is 3.65. The number of benzene rings is 1. The third kappa shape index (κ3) is 5.63. The van der Waals surface area contributed by atoms with Gasteiger partial charge in [0.1, 0.15) is 5.82 Å². The van der Waals surface area contributed by atoms with E-state index in [9.17, 15) is 4.79 Å². The van der Waals surface area contributed by atoms with Gasteiger partial charge in [0.2, 0.25) is 5.91 Å². The van der Waals surface area contributed by atoms with E-state index in [-0.39, 0.29) is 5.91 Å². The Morgan fingerprint density at radius 3 is 2.53 bits per heavy atom. The second kappa shape index (κ2) is 10.8. The number of pyridine rings is 1. The van der Waals surface area contributed by atoms with Crippen molar-refractivity contribution in [3.05, 3.63) is 48.2 Å². The summed E-state index contributed by atoms with van der Waals surface area (Å²) in [5.41, 5.74) is 1.03. The van der Waals surface area contributed by atoms with Crippen molar-refractivity contribution >= 4 is 11.7 Å². The van der Waals surface area contributed by atoms with Crippen LogP contribution in [0.5, 0.6) is 11.5 Å². The molecule has 0 aliphatic carbocycles. The number of carbonyl (C=O) groups is 1. The van der Waals surface area contributed by atoms with E-state index in [2.05, 4.69) is 14.8 Å². The van der Waals surface area contributed by atoms with Crippen LogP contribution in [0.1, 0.15) is 19.4 Å². The number of nitrogens with zero attached hydrogens (tertiary/aromatic N) is 4. The first-order valence-electron chi connectivity index (χ1n) is 10.6. The van der Waals surface area contributed by atoms with Crippen molar-refractivity contribution in [1.82, 2.24) is 14.8 Å². The van der Waals surface area contributed by atoms with Crippen LogP contribution in [0.4, 0.5) is 5.82 Å². The van der Waals surface area contributed by atoms with Crippen molar-refractivity contribution in [2.45, 2.75) is 20.4 Å². The number of carbonyl (C=O) groups excluding carboxylic acids is 1. The van der Waals surface area contributed by atoms with Gasteiger partial charge in [-0.15, -0.1) is 0 Å². The summed E-state index contributed by atoms with van der Waals surface area (Å²) in [6.07, 6.45) is 1.82. The fraction of sp³-hybridized carbons (Fsp3) is 0.478. The number of amides is 1. The van der Waals surface area contributed by atoms with Gasteiger partial charge >= 0.3 is 0 Å². The van der Waals surface area contributed by atoms with E-state index in [0.717, 1.165) is 43.3 Å². The predicted molar refractivity (Wildman–Crippen MR) is 118 cm³/mol. The maximum absolute atomic E-state index is 12.9. The highest BCUT2D eigenvalue weighted by molar-refractivity contribution is 5.78. The zero-order valence-corrected chi connectivity index (χ0v) is 18.2. The van der Waals surface area contributed by atoms with E-state index in [4.69, 9.17) is 9.47 Å². The minimum Gasteiger partial charge on any atom is -0.493 e. The Morgan fingerprint density at radius 1 is 1.10 bits per heavy atom. The molecular weight excluding hydrogens is 380 g/mol. The topological polar surface area (TPSA) is 58.1 Å². The van der Waals surface area contributed by atoms with Crippen LogP contribution < -0.4 is 14.4 Å². The summed E-state index contributed by atoms with van der Waals surface area (Å²) in [6.45, 7) is 9.70. The summed E-state index contributed by atoms with van der Waals surface area (Å²) >= 11 is 0. The van der Waals surface area contributed by atoms with Crippen LogP contribution in [-0.2, 0) is 11.3 Å². The van der Waals surface area contributed by atoms with Crippen molar-refractivity contribution < 1.29 is 14.3 Å². The summed E-state index contributed by atoms with van der Waals surface area (Å²) in [5.74, 6) is 2.58. The minimum atomic E-state index is 0.150. The van der Waals surface area contributed by atoms with Crippen LogP contribution in [0.2, 0.25) is 0 Å². The number of rotatable bonds is 9. The van der Waals surface area contributed by atoms with Gasteiger partial charge in [-0.25, -0.2) is 4.98 Å². The Bertz CT molecular complexity index is 807. The molecule has 0 atom stereocenters. The second-order valence-electron chi connectivity index (χ2n) is 7.28. The number of piperazine rings is 1. The lowest BCUT2D eigenvalue weighted by Crippen LogP contribution is -2.50. The molecule has 2 aromatic rings. The number of anilines is 1. The van der Waals surface area contributed by atoms with E-state index < -0.39 is 0 Å². The molecule has 1 saturated heterocycles. The van der Waals surface area contributed by atoms with Gasteiger partial charge in [-0.05, 0) is 43.7 Å². The third-order valence-electron chi connectivity index (χ3n) is 5.34. The van der Waals surface area contributed by atoms with Crippen LogP contribution >= 0.6 is 0 Å². The maximum atomic E-state index is 12.9. The molecule has 2 heterocycles. The van der Waals surface area contributed by atoms with E-state index in [1.54, 1.807) is 7.11 Å². The van der Waals surface area contributed by atoms with Crippen molar-refractivity contribution in [2.24, 2.45) is 0 Å². The molecule has 0 saturated carbocycles. The predicted octanol–water partition coefficient (Wildman–Crippen LogP) is 2.66. The molecule has 0 unspecified atom stereocenters. The highest BCUT2D eigenvalue weighted by atomic mass is 16.5. The van der Waals surface area contributed by atoms with Gasteiger partial charge in [0.05, 0.1) is 20.3 Å². The maximum Gasteiger partial charge on any atom is 0.237 e. The van der Waals surface area contributed by atoms with Gasteiger partial charge in [0, 0.05) is 45.5 Å². The average molecular weight is 413 g/mol. The Balaban J connectivity index is 1.54. The van der Waals surface area contributed by atoms with E-state index in [1.165, 1.54) is 0 Å². The molecule has 1 aromatic heterocycles. The smallest absolute Gasteiger partial charge is 0.237 e. The van der Waals surface area contributed by atoms with Crippen molar-refractivity contribution in [3.63, 3.8) is 0 Å². The number of likely N-dealkylation sites (N-methyl/N-ethyl adjacent to an activating group) is 1. The Morgan fingerprint density at radius 2 is 1.90 bits per heavy atom. The largest absolute Gasteiger partial charge is 0.493 e. The van der Waals surface area contributed by atoms with Crippen LogP contribution in [0.15, 0.2) is 42.6 Å². The molecular formula is C23H32N4O3. The van der Waals surface area contributed by atoms with Crippen molar-refractivity contribution in [1.29, 1.82) is 0 Å². The first-order chi connectivity index (χ1) is 14.6. The minimum absolute atomic E-state index is 0.150. The number of ether oxygens (including phenoxy) is 2. The zero-order valence-electron chi connectivity index (χ0n) is 18.2. The number of methoxy groups -OCH3 is 1. The van der Waals surface area contributed by atoms with Gasteiger partial charge in [0.25, 0.3) is 0 Å². The van der Waals surface area contributed by atoms with Crippen LogP contribution in [0, 0.1) is 0 Å². The Labute approximate surface area is 179 Å². The van der Waals surface area contributed by atoms with Crippen molar-refractivity contribution in [3.8, 4) is 11.5 Å². The highest BCUT2D eigenvalue weighted by Gasteiger charge is 2.22. The molecule has 7 heteroatoms. The molecule has 0 spiro atoms. The van der Waals surface area contributed by atoms with Gasteiger partial charge in [0.15, 0.2) is 11.5 Å². The summed E-state index contributed by atoms with van der Waals surface area (Å²) in [5, 5.41) is 0. The monoisotopic (exact) mass is 412 g/mol. The molecule has 3 rings (SSSR count). The summed E-state index contributed by atoms with van der Waals surface area (Å²) < 4.78 is 11.0. The standard InChI is InChI=1S/C23H32N4O3/c1-4-26(17-19-9-10-20(30-5-2)21(16-19)29-3)23(28)18-25-12-14-27(15-13-25)22-8-6-7-11-24-22/h6-11,16H,4-5,12-15,17-18H2,1-3H3. The molecule has 1 aliphatic heterocycles. The molecule has 1 aromatic carbocycles. The van der Waals surface area contributed by atoms with Crippen LogP contribution in [0.3, 0.4) is 0 Å². The summed E-state index contributed by atoms with van der Waals surface area (Å²) in [6, 6.07) is 11.8. The molecule has 1 fully saturated rings. The average Bonchev–Trinajstić information content (AvgIpc) is 2.79. The van der Waals surface area contributed by atoms with Crippen LogP contribution in [0.25, 0.3) is 0 Å². The van der Waals surface area contributed by atoms with Crippen LogP contribution in [-0.4, -0.2) is 73.7 Å². The van der Waals surface area contributed by atoms with E-state index in [1.807, 2.05) is 61.3 Å². The fourth-order valence-corrected chi connectivity index (χ4v) is 3.65. The normalized spacial score (nSPS) is 14.4. The van der Waals surface area contributed by atoms with Crippen molar-refractivity contribution in [2.75, 3.05) is 57.9 Å². The Kier molecular flexibility index (Phi) is 7.90.